The van der Waals surface area contributed by atoms with Gasteiger partial charge in [-0.3, -0.25) is 9.59 Å². The molecule has 0 saturated heterocycles. The minimum Gasteiger partial charge on any atom is -0.322 e. The van der Waals surface area contributed by atoms with E-state index in [2.05, 4.69) is 25.6 Å². The zero-order chi connectivity index (χ0) is 22.1. The summed E-state index contributed by atoms with van der Waals surface area (Å²) < 4.78 is 14.6. The molecule has 0 radical (unpaired) electrons. The largest absolute Gasteiger partial charge is 0.322 e. The SMILES string of the molecule is O=C(N[C@H]1N=C(c2ccccc2F)c2ccccc2NC1=O)c1ncc2ccccc2n1. The first-order chi connectivity index (χ1) is 15.6. The summed E-state index contributed by atoms with van der Waals surface area (Å²) in [4.78, 5) is 38.5. The topological polar surface area (TPSA) is 96.3 Å². The van der Waals surface area contributed by atoms with Crippen LogP contribution in [0.2, 0.25) is 0 Å². The van der Waals surface area contributed by atoms with Crippen LogP contribution in [0, 0.1) is 5.82 Å². The van der Waals surface area contributed by atoms with Crippen LogP contribution in [0.3, 0.4) is 0 Å². The number of hydrogen-bond donors (Lipinski definition) is 2. The Morgan fingerprint density at radius 2 is 1.66 bits per heavy atom. The van der Waals surface area contributed by atoms with E-state index in [0.717, 1.165) is 5.39 Å². The van der Waals surface area contributed by atoms with Crippen molar-refractivity contribution in [3.63, 3.8) is 0 Å². The number of benzodiazepines with no additional fused rings is 1. The van der Waals surface area contributed by atoms with E-state index in [1.165, 1.54) is 12.3 Å². The molecular weight excluding hydrogens is 409 g/mol. The van der Waals surface area contributed by atoms with Crippen molar-refractivity contribution in [1.29, 1.82) is 0 Å². The number of amides is 2. The van der Waals surface area contributed by atoms with Crippen molar-refractivity contribution in [3.8, 4) is 0 Å². The first-order valence-corrected chi connectivity index (χ1v) is 9.86. The number of fused-ring (bicyclic) bond motifs is 2. The van der Waals surface area contributed by atoms with Crippen LogP contribution in [0.25, 0.3) is 10.9 Å². The van der Waals surface area contributed by atoms with Crippen molar-refractivity contribution >= 4 is 34.1 Å². The lowest BCUT2D eigenvalue weighted by atomic mass is 10.0. The molecule has 0 aliphatic carbocycles. The Balaban J connectivity index is 1.54. The second-order valence-corrected chi connectivity index (χ2v) is 7.12. The van der Waals surface area contributed by atoms with E-state index in [4.69, 9.17) is 0 Å². The van der Waals surface area contributed by atoms with E-state index in [-0.39, 0.29) is 17.1 Å². The molecule has 156 valence electrons. The molecule has 1 aromatic heterocycles. The van der Waals surface area contributed by atoms with E-state index in [0.29, 0.717) is 16.8 Å². The summed E-state index contributed by atoms with van der Waals surface area (Å²) in [7, 11) is 0. The van der Waals surface area contributed by atoms with Crippen LogP contribution in [-0.2, 0) is 4.79 Å². The molecule has 2 heterocycles. The smallest absolute Gasteiger partial charge is 0.291 e. The van der Waals surface area contributed by atoms with Gasteiger partial charge in [-0.1, -0.05) is 48.5 Å². The van der Waals surface area contributed by atoms with Gasteiger partial charge < -0.3 is 10.6 Å². The average molecular weight is 425 g/mol. The molecule has 0 spiro atoms. The molecule has 3 aromatic carbocycles. The second kappa shape index (κ2) is 7.99. The Morgan fingerprint density at radius 3 is 2.50 bits per heavy atom. The predicted molar refractivity (Wildman–Crippen MR) is 118 cm³/mol. The van der Waals surface area contributed by atoms with Gasteiger partial charge in [0, 0.05) is 22.7 Å². The molecule has 0 bridgehead atoms. The number of benzene rings is 3. The van der Waals surface area contributed by atoms with Crippen molar-refractivity contribution in [3.05, 3.63) is 102 Å². The Hall–Kier alpha value is -4.46. The number of nitrogens with one attached hydrogen (secondary N) is 2. The van der Waals surface area contributed by atoms with Crippen LogP contribution in [0.15, 0.2) is 84.0 Å². The quantitative estimate of drug-likeness (QED) is 0.526. The van der Waals surface area contributed by atoms with Crippen molar-refractivity contribution in [2.24, 2.45) is 4.99 Å². The number of carbonyl (C=O) groups excluding carboxylic acids is 2. The third kappa shape index (κ3) is 3.58. The molecule has 1 aliphatic heterocycles. The molecule has 7 nitrogen and oxygen atoms in total. The molecule has 0 unspecified atom stereocenters. The van der Waals surface area contributed by atoms with Crippen molar-refractivity contribution < 1.29 is 14.0 Å². The summed E-state index contributed by atoms with van der Waals surface area (Å²) in [5, 5.41) is 6.09. The number of hydrogen-bond acceptors (Lipinski definition) is 5. The molecule has 1 aliphatic rings. The molecule has 8 heteroatoms. The highest BCUT2D eigenvalue weighted by Gasteiger charge is 2.28. The number of nitrogens with zero attached hydrogens (tertiary/aromatic N) is 3. The minimum atomic E-state index is -1.31. The van der Waals surface area contributed by atoms with Crippen LogP contribution in [0.4, 0.5) is 10.1 Å². The fraction of sp³-hybridized carbons (Fsp3) is 0.0417. The van der Waals surface area contributed by atoms with E-state index < -0.39 is 23.8 Å². The number of aliphatic imine (C=N–C) groups is 1. The van der Waals surface area contributed by atoms with Crippen LogP contribution >= 0.6 is 0 Å². The summed E-state index contributed by atoms with van der Waals surface area (Å²) in [6, 6.07) is 20.3. The second-order valence-electron chi connectivity index (χ2n) is 7.12. The predicted octanol–water partition coefficient (Wildman–Crippen LogP) is 3.31. The molecule has 1 atom stereocenters. The first-order valence-electron chi connectivity index (χ1n) is 9.86. The van der Waals surface area contributed by atoms with Crippen LogP contribution in [0.1, 0.15) is 21.7 Å². The van der Waals surface area contributed by atoms with Gasteiger partial charge in [-0.15, -0.1) is 0 Å². The summed E-state index contributed by atoms with van der Waals surface area (Å²) in [6.45, 7) is 0. The minimum absolute atomic E-state index is 0.0964. The Labute approximate surface area is 182 Å². The summed E-state index contributed by atoms with van der Waals surface area (Å²) in [5.41, 5.74) is 2.09. The average Bonchev–Trinajstić information content (AvgIpc) is 2.95. The molecule has 32 heavy (non-hydrogen) atoms. The summed E-state index contributed by atoms with van der Waals surface area (Å²) in [5.74, 6) is -1.81. The maximum absolute atomic E-state index is 14.6. The number of halogens is 1. The fourth-order valence-corrected chi connectivity index (χ4v) is 3.49. The molecule has 4 aromatic rings. The molecule has 0 fully saturated rings. The molecule has 0 saturated carbocycles. The standard InChI is InChI=1S/C24H16FN5O2/c25-17-10-4-2-8-15(17)20-16-9-3-6-12-19(16)28-24(32)22(29-20)30-23(31)21-26-13-14-7-1-5-11-18(14)27-21/h1-13,22H,(H,28,32)(H,30,31)/t22-/m1/s1. The number of aromatic nitrogens is 2. The van der Waals surface area contributed by atoms with Gasteiger partial charge in [-0.2, -0.15) is 0 Å². The lowest BCUT2D eigenvalue weighted by Crippen LogP contribution is -2.43. The number of carbonyl (C=O) groups is 2. The zero-order valence-electron chi connectivity index (χ0n) is 16.6. The Bertz CT molecular complexity index is 1400. The summed E-state index contributed by atoms with van der Waals surface area (Å²) >= 11 is 0. The number of para-hydroxylation sites is 2. The Morgan fingerprint density at radius 1 is 0.938 bits per heavy atom. The maximum atomic E-state index is 14.6. The lowest BCUT2D eigenvalue weighted by molar-refractivity contribution is -0.117. The first kappa shape index (κ1) is 19.5. The fourth-order valence-electron chi connectivity index (χ4n) is 3.49. The van der Waals surface area contributed by atoms with Crippen LogP contribution in [-0.4, -0.2) is 33.7 Å². The third-order valence-electron chi connectivity index (χ3n) is 5.04. The van der Waals surface area contributed by atoms with E-state index in [9.17, 15) is 14.0 Å². The van der Waals surface area contributed by atoms with Gasteiger partial charge in [0.05, 0.1) is 16.9 Å². The van der Waals surface area contributed by atoms with Gasteiger partial charge in [0.15, 0.2) is 0 Å². The highest BCUT2D eigenvalue weighted by molar-refractivity contribution is 6.20. The molecule has 2 amide bonds. The highest BCUT2D eigenvalue weighted by atomic mass is 19.1. The maximum Gasteiger partial charge on any atom is 0.291 e. The molecule has 2 N–H and O–H groups in total. The van der Waals surface area contributed by atoms with Gasteiger partial charge in [0.2, 0.25) is 12.0 Å². The molecule has 5 rings (SSSR count). The van der Waals surface area contributed by atoms with Crippen LogP contribution < -0.4 is 10.6 Å². The van der Waals surface area contributed by atoms with Gasteiger partial charge in [-0.25, -0.2) is 19.4 Å². The van der Waals surface area contributed by atoms with Crippen molar-refractivity contribution in [2.75, 3.05) is 5.32 Å². The van der Waals surface area contributed by atoms with Gasteiger partial charge in [-0.05, 0) is 24.3 Å². The van der Waals surface area contributed by atoms with Gasteiger partial charge in [0.25, 0.3) is 11.8 Å². The normalized spacial score (nSPS) is 15.3. The number of rotatable bonds is 3. The molecular formula is C24H16FN5O2. The summed E-state index contributed by atoms with van der Waals surface area (Å²) in [6.07, 6.45) is 0.230. The van der Waals surface area contributed by atoms with Gasteiger partial charge >= 0.3 is 0 Å². The monoisotopic (exact) mass is 425 g/mol. The van der Waals surface area contributed by atoms with Gasteiger partial charge in [0.1, 0.15) is 5.82 Å². The zero-order valence-corrected chi connectivity index (χ0v) is 16.6. The van der Waals surface area contributed by atoms with E-state index >= 15 is 0 Å². The van der Waals surface area contributed by atoms with Crippen molar-refractivity contribution in [2.45, 2.75) is 6.17 Å². The highest BCUT2D eigenvalue weighted by Crippen LogP contribution is 2.25. The lowest BCUT2D eigenvalue weighted by Gasteiger charge is -2.13. The van der Waals surface area contributed by atoms with E-state index in [1.54, 1.807) is 54.6 Å². The van der Waals surface area contributed by atoms with Crippen LogP contribution in [0.5, 0.6) is 0 Å². The third-order valence-corrected chi connectivity index (χ3v) is 5.04. The van der Waals surface area contributed by atoms with Crippen molar-refractivity contribution in [1.82, 2.24) is 15.3 Å². The Kier molecular flexibility index (Phi) is 4.87. The number of anilines is 1. The van der Waals surface area contributed by atoms with E-state index in [1.807, 2.05) is 12.1 Å².